The number of para-hydroxylation sites is 1. The van der Waals surface area contributed by atoms with E-state index in [-0.39, 0.29) is 11.5 Å². The van der Waals surface area contributed by atoms with Gasteiger partial charge in [0.05, 0.1) is 4.90 Å². The first-order valence-corrected chi connectivity index (χ1v) is 10.3. The number of sulfonamides is 1. The Hall–Kier alpha value is -3.65. The topological polar surface area (TPSA) is 94.3 Å². The summed E-state index contributed by atoms with van der Waals surface area (Å²) >= 11 is 0. The Kier molecular flexibility index (Phi) is 5.26. The highest BCUT2D eigenvalue weighted by atomic mass is 32.2. The summed E-state index contributed by atoms with van der Waals surface area (Å²) in [5.41, 5.74) is 1.14. The van der Waals surface area contributed by atoms with Crippen LogP contribution in [0.1, 0.15) is 5.89 Å². The molecule has 7 nitrogen and oxygen atoms in total. The summed E-state index contributed by atoms with van der Waals surface area (Å²) in [6, 6.07) is 24.2. The SMILES string of the molecule is O=S(=O)(Nc1ccc(-c2noc(COc3ccccc3)n2)cc1)c1ccccc1. The van der Waals surface area contributed by atoms with Gasteiger partial charge in [-0.05, 0) is 48.5 Å². The van der Waals surface area contributed by atoms with Gasteiger partial charge in [-0.15, -0.1) is 0 Å². The molecule has 8 heteroatoms. The number of benzene rings is 3. The van der Waals surface area contributed by atoms with Gasteiger partial charge in [0.25, 0.3) is 15.9 Å². The van der Waals surface area contributed by atoms with Crippen LogP contribution in [0.4, 0.5) is 5.69 Å². The standard InChI is InChI=1S/C21H17N3O4S/c25-29(26,19-9-5-2-6-10-19)24-17-13-11-16(12-14-17)21-22-20(28-23-21)15-27-18-7-3-1-4-8-18/h1-14,24H,15H2. The molecule has 0 atom stereocenters. The lowest BCUT2D eigenvalue weighted by Gasteiger charge is -2.08. The van der Waals surface area contributed by atoms with E-state index >= 15 is 0 Å². The average molecular weight is 407 g/mol. The average Bonchev–Trinajstić information content (AvgIpc) is 3.23. The van der Waals surface area contributed by atoms with Crippen LogP contribution in [-0.4, -0.2) is 18.6 Å². The van der Waals surface area contributed by atoms with Crippen molar-refractivity contribution in [3.8, 4) is 17.1 Å². The predicted molar refractivity (Wildman–Crippen MR) is 108 cm³/mol. The van der Waals surface area contributed by atoms with E-state index in [0.717, 1.165) is 0 Å². The minimum atomic E-state index is -3.64. The fourth-order valence-electron chi connectivity index (χ4n) is 2.59. The molecule has 1 N–H and O–H groups in total. The normalized spacial score (nSPS) is 11.2. The molecule has 0 radical (unpaired) electrons. The maximum absolute atomic E-state index is 12.4. The lowest BCUT2D eigenvalue weighted by atomic mass is 10.2. The second kappa shape index (κ2) is 8.15. The molecule has 1 heterocycles. The van der Waals surface area contributed by atoms with Gasteiger partial charge in [-0.25, -0.2) is 8.42 Å². The molecule has 0 fully saturated rings. The van der Waals surface area contributed by atoms with Gasteiger partial charge in [0.1, 0.15) is 5.75 Å². The van der Waals surface area contributed by atoms with Crippen LogP contribution in [0.25, 0.3) is 11.4 Å². The van der Waals surface area contributed by atoms with Gasteiger partial charge in [-0.3, -0.25) is 4.72 Å². The number of nitrogens with zero attached hydrogens (tertiary/aromatic N) is 2. The lowest BCUT2D eigenvalue weighted by molar-refractivity contribution is 0.243. The second-order valence-corrected chi connectivity index (χ2v) is 7.79. The largest absolute Gasteiger partial charge is 0.484 e. The lowest BCUT2D eigenvalue weighted by Crippen LogP contribution is -2.12. The summed E-state index contributed by atoms with van der Waals surface area (Å²) in [4.78, 5) is 4.51. The summed E-state index contributed by atoms with van der Waals surface area (Å²) in [7, 11) is -3.64. The third-order valence-electron chi connectivity index (χ3n) is 4.02. The van der Waals surface area contributed by atoms with Gasteiger partial charge in [0, 0.05) is 11.3 Å². The first kappa shape index (κ1) is 18.7. The summed E-state index contributed by atoms with van der Waals surface area (Å²) in [5.74, 6) is 1.45. The van der Waals surface area contributed by atoms with Crippen LogP contribution in [0.5, 0.6) is 5.75 Å². The van der Waals surface area contributed by atoms with Gasteiger partial charge >= 0.3 is 0 Å². The van der Waals surface area contributed by atoms with Crippen LogP contribution in [0.15, 0.2) is 94.3 Å². The zero-order chi connectivity index (χ0) is 20.1. The van der Waals surface area contributed by atoms with E-state index in [2.05, 4.69) is 14.9 Å². The van der Waals surface area contributed by atoms with Gasteiger partial charge in [-0.2, -0.15) is 4.98 Å². The Morgan fingerprint density at radius 2 is 1.52 bits per heavy atom. The highest BCUT2D eigenvalue weighted by Crippen LogP contribution is 2.21. The van der Waals surface area contributed by atoms with Crippen molar-refractivity contribution in [2.24, 2.45) is 0 Å². The molecular formula is C21H17N3O4S. The van der Waals surface area contributed by atoms with Crippen LogP contribution < -0.4 is 9.46 Å². The van der Waals surface area contributed by atoms with Crippen molar-refractivity contribution >= 4 is 15.7 Å². The number of nitrogens with one attached hydrogen (secondary N) is 1. The summed E-state index contributed by atoms with van der Waals surface area (Å²) < 4.78 is 38.1. The molecule has 0 aliphatic heterocycles. The van der Waals surface area contributed by atoms with Crippen molar-refractivity contribution in [2.75, 3.05) is 4.72 Å². The van der Waals surface area contributed by atoms with E-state index in [1.807, 2.05) is 30.3 Å². The molecule has 0 bridgehead atoms. The van der Waals surface area contributed by atoms with E-state index in [0.29, 0.717) is 28.7 Å². The van der Waals surface area contributed by atoms with Crippen molar-refractivity contribution in [1.82, 2.24) is 10.1 Å². The zero-order valence-electron chi connectivity index (χ0n) is 15.2. The van der Waals surface area contributed by atoms with Crippen molar-refractivity contribution in [2.45, 2.75) is 11.5 Å². The van der Waals surface area contributed by atoms with Crippen molar-refractivity contribution in [3.05, 3.63) is 90.8 Å². The monoisotopic (exact) mass is 407 g/mol. The van der Waals surface area contributed by atoms with Crippen molar-refractivity contribution in [3.63, 3.8) is 0 Å². The minimum Gasteiger partial charge on any atom is -0.484 e. The smallest absolute Gasteiger partial charge is 0.264 e. The number of aromatic nitrogens is 2. The molecule has 4 rings (SSSR count). The van der Waals surface area contributed by atoms with Crippen molar-refractivity contribution < 1.29 is 17.7 Å². The van der Waals surface area contributed by atoms with Crippen LogP contribution in [-0.2, 0) is 16.6 Å². The molecule has 0 saturated heterocycles. The Labute approximate surface area is 168 Å². The quantitative estimate of drug-likeness (QED) is 0.495. The molecule has 29 heavy (non-hydrogen) atoms. The number of ether oxygens (including phenoxy) is 1. The molecule has 0 spiro atoms. The molecule has 0 aliphatic carbocycles. The van der Waals surface area contributed by atoms with Crippen LogP contribution in [0, 0.1) is 0 Å². The first-order chi connectivity index (χ1) is 14.1. The fraction of sp³-hybridized carbons (Fsp3) is 0.0476. The molecule has 0 amide bonds. The van der Waals surface area contributed by atoms with Gasteiger partial charge in [0.2, 0.25) is 5.82 Å². The Morgan fingerprint density at radius 3 is 2.21 bits per heavy atom. The molecule has 0 unspecified atom stereocenters. The molecule has 1 aromatic heterocycles. The predicted octanol–water partition coefficient (Wildman–Crippen LogP) is 4.12. The molecule has 4 aromatic rings. The van der Waals surface area contributed by atoms with Gasteiger partial charge in [0.15, 0.2) is 6.61 Å². The number of rotatable bonds is 7. The van der Waals surface area contributed by atoms with E-state index in [1.54, 1.807) is 42.5 Å². The second-order valence-electron chi connectivity index (χ2n) is 6.11. The maximum Gasteiger partial charge on any atom is 0.264 e. The van der Waals surface area contributed by atoms with E-state index in [9.17, 15) is 8.42 Å². The number of anilines is 1. The Bertz CT molecular complexity index is 1180. The van der Waals surface area contributed by atoms with Crippen molar-refractivity contribution in [1.29, 1.82) is 0 Å². The molecule has 146 valence electrons. The van der Waals surface area contributed by atoms with Gasteiger partial charge in [-0.1, -0.05) is 41.6 Å². The first-order valence-electron chi connectivity index (χ1n) is 8.79. The molecule has 0 aliphatic rings. The third-order valence-corrected chi connectivity index (χ3v) is 5.42. The van der Waals surface area contributed by atoms with Gasteiger partial charge < -0.3 is 9.26 Å². The number of hydrogen-bond donors (Lipinski definition) is 1. The Morgan fingerprint density at radius 1 is 0.862 bits per heavy atom. The van der Waals surface area contributed by atoms with E-state index in [4.69, 9.17) is 9.26 Å². The van der Waals surface area contributed by atoms with Crippen LogP contribution in [0.2, 0.25) is 0 Å². The Balaban J connectivity index is 1.42. The summed E-state index contributed by atoms with van der Waals surface area (Å²) in [5, 5.41) is 3.95. The maximum atomic E-state index is 12.4. The highest BCUT2D eigenvalue weighted by Gasteiger charge is 2.14. The number of hydrogen-bond acceptors (Lipinski definition) is 6. The minimum absolute atomic E-state index is 0.159. The van der Waals surface area contributed by atoms with Crippen LogP contribution in [0.3, 0.4) is 0 Å². The molecule has 3 aromatic carbocycles. The summed E-state index contributed by atoms with van der Waals surface area (Å²) in [6.07, 6.45) is 0. The third kappa shape index (κ3) is 4.61. The van der Waals surface area contributed by atoms with E-state index in [1.165, 1.54) is 12.1 Å². The zero-order valence-corrected chi connectivity index (χ0v) is 16.0. The fourth-order valence-corrected chi connectivity index (χ4v) is 3.67. The highest BCUT2D eigenvalue weighted by molar-refractivity contribution is 7.92. The summed E-state index contributed by atoms with van der Waals surface area (Å²) in [6.45, 7) is 0.159. The molecule has 0 saturated carbocycles. The molecular weight excluding hydrogens is 390 g/mol. The van der Waals surface area contributed by atoms with Crippen LogP contribution >= 0.6 is 0 Å². The van der Waals surface area contributed by atoms with E-state index < -0.39 is 10.0 Å².